The molecule has 9 heteroatoms. The molecule has 0 bridgehead atoms. The SMILES string of the molecule is COCC1CC12CN(C)C(=O)c1c(O)c(=O)c(C(=O)CCc3ccc(F)cc3F)cn12. The maximum Gasteiger partial charge on any atom is 0.274 e. The zero-order valence-corrected chi connectivity index (χ0v) is 17.2. The van der Waals surface area contributed by atoms with Gasteiger partial charge in [-0.25, -0.2) is 8.78 Å². The average molecular weight is 432 g/mol. The molecule has 1 N–H and O–H groups in total. The van der Waals surface area contributed by atoms with Gasteiger partial charge in [0.15, 0.2) is 17.2 Å². The van der Waals surface area contributed by atoms with Crippen LogP contribution in [0.5, 0.6) is 5.75 Å². The summed E-state index contributed by atoms with van der Waals surface area (Å²) in [5.41, 5.74) is -1.75. The Balaban J connectivity index is 1.69. The Kier molecular flexibility index (Phi) is 5.17. The van der Waals surface area contributed by atoms with Gasteiger partial charge in [-0.3, -0.25) is 14.4 Å². The number of ether oxygens (including phenoxy) is 1. The van der Waals surface area contributed by atoms with Crippen LogP contribution in [0.3, 0.4) is 0 Å². The Morgan fingerprint density at radius 1 is 1.32 bits per heavy atom. The van der Waals surface area contributed by atoms with E-state index in [0.717, 1.165) is 12.1 Å². The quantitative estimate of drug-likeness (QED) is 0.707. The number of Topliss-reactive ketones (excluding diaryl/α,β-unsaturated/α-hetero) is 1. The van der Waals surface area contributed by atoms with E-state index in [9.17, 15) is 28.3 Å². The largest absolute Gasteiger partial charge is 0.503 e. The van der Waals surface area contributed by atoms with Crippen LogP contribution in [0.4, 0.5) is 8.78 Å². The molecule has 0 radical (unpaired) electrons. The van der Waals surface area contributed by atoms with Crippen LogP contribution in [-0.2, 0) is 16.7 Å². The van der Waals surface area contributed by atoms with Crippen LogP contribution in [0, 0.1) is 17.6 Å². The van der Waals surface area contributed by atoms with E-state index in [-0.39, 0.29) is 35.6 Å². The number of hydrogen-bond donors (Lipinski definition) is 1. The first-order chi connectivity index (χ1) is 14.7. The highest BCUT2D eigenvalue weighted by atomic mass is 19.1. The van der Waals surface area contributed by atoms with Crippen molar-refractivity contribution in [2.45, 2.75) is 24.8 Å². The molecule has 31 heavy (non-hydrogen) atoms. The van der Waals surface area contributed by atoms with E-state index in [1.54, 1.807) is 18.7 Å². The zero-order valence-electron chi connectivity index (χ0n) is 17.2. The number of hydrogen-bond acceptors (Lipinski definition) is 5. The van der Waals surface area contributed by atoms with E-state index >= 15 is 0 Å². The zero-order chi connectivity index (χ0) is 22.5. The van der Waals surface area contributed by atoms with Gasteiger partial charge in [0.1, 0.15) is 11.6 Å². The topological polar surface area (TPSA) is 88.8 Å². The number of carbonyl (C=O) groups is 2. The third-order valence-corrected chi connectivity index (χ3v) is 6.23. The number of nitrogens with zero attached hydrogens (tertiary/aromatic N) is 2. The third-order valence-electron chi connectivity index (χ3n) is 6.23. The molecular weight excluding hydrogens is 410 g/mol. The number of likely N-dealkylation sites (N-methyl/N-ethyl adjacent to an activating group) is 1. The third kappa shape index (κ3) is 3.42. The Morgan fingerprint density at radius 3 is 2.74 bits per heavy atom. The number of aromatic nitrogens is 1. The van der Waals surface area contributed by atoms with Crippen LogP contribution >= 0.6 is 0 Å². The summed E-state index contributed by atoms with van der Waals surface area (Å²) in [6.07, 6.45) is 1.76. The van der Waals surface area contributed by atoms with E-state index in [2.05, 4.69) is 0 Å². The molecule has 1 spiro atoms. The molecule has 2 unspecified atom stereocenters. The number of rotatable bonds is 6. The van der Waals surface area contributed by atoms with E-state index in [4.69, 9.17) is 4.74 Å². The first-order valence-electron chi connectivity index (χ1n) is 9.90. The summed E-state index contributed by atoms with van der Waals surface area (Å²) in [5.74, 6) is -3.30. The van der Waals surface area contributed by atoms with Crippen molar-refractivity contribution in [3.63, 3.8) is 0 Å². The Hall–Kier alpha value is -3.07. The number of pyridine rings is 1. The van der Waals surface area contributed by atoms with Crippen molar-refractivity contribution in [1.29, 1.82) is 0 Å². The molecular formula is C22H22F2N2O5. The number of fused-ring (bicyclic) bond motifs is 2. The van der Waals surface area contributed by atoms with Gasteiger partial charge >= 0.3 is 0 Å². The monoisotopic (exact) mass is 432 g/mol. The molecule has 0 saturated heterocycles. The summed E-state index contributed by atoms with van der Waals surface area (Å²) >= 11 is 0. The number of benzene rings is 1. The van der Waals surface area contributed by atoms with Crippen molar-refractivity contribution in [3.05, 3.63) is 63.1 Å². The van der Waals surface area contributed by atoms with E-state index in [1.165, 1.54) is 17.2 Å². The van der Waals surface area contributed by atoms with Crippen molar-refractivity contribution in [1.82, 2.24) is 9.47 Å². The molecule has 1 saturated carbocycles. The predicted molar refractivity (Wildman–Crippen MR) is 106 cm³/mol. The standard InChI is InChI=1S/C22H22F2N2O5/c1-25-11-22(8-13(22)10-31-2)26-9-15(19(28)20(29)18(26)21(25)30)17(27)6-4-12-3-5-14(23)7-16(12)24/h3,5,7,9,13,29H,4,6,8,10-11H2,1-2H3. The van der Waals surface area contributed by atoms with Crippen molar-refractivity contribution >= 4 is 11.7 Å². The molecule has 1 aromatic carbocycles. The molecule has 2 atom stereocenters. The maximum atomic E-state index is 13.9. The predicted octanol–water partition coefficient (Wildman–Crippen LogP) is 2.09. The minimum Gasteiger partial charge on any atom is -0.503 e. The highest BCUT2D eigenvalue weighted by Gasteiger charge is 2.60. The lowest BCUT2D eigenvalue weighted by atomic mass is 10.00. The van der Waals surface area contributed by atoms with Gasteiger partial charge in [0, 0.05) is 45.3 Å². The van der Waals surface area contributed by atoms with E-state index < -0.39 is 40.0 Å². The molecule has 1 fully saturated rings. The second kappa shape index (κ2) is 7.56. The lowest BCUT2D eigenvalue weighted by Crippen LogP contribution is -2.48. The summed E-state index contributed by atoms with van der Waals surface area (Å²) < 4.78 is 33.7. The second-order valence-electron chi connectivity index (χ2n) is 8.22. The van der Waals surface area contributed by atoms with E-state index in [1.807, 2.05) is 0 Å². The first-order valence-corrected chi connectivity index (χ1v) is 9.90. The number of aryl methyl sites for hydroxylation is 1. The van der Waals surface area contributed by atoms with Crippen LogP contribution in [0.2, 0.25) is 0 Å². The maximum absolute atomic E-state index is 13.9. The first kappa shape index (κ1) is 21.2. The minimum atomic E-state index is -0.932. The Labute approximate surface area is 176 Å². The number of aromatic hydroxyl groups is 1. The van der Waals surface area contributed by atoms with Gasteiger partial charge in [-0.15, -0.1) is 0 Å². The molecule has 2 heterocycles. The number of carbonyl (C=O) groups excluding carboxylic acids is 2. The lowest BCUT2D eigenvalue weighted by molar-refractivity contribution is 0.0664. The van der Waals surface area contributed by atoms with Gasteiger partial charge < -0.3 is 19.3 Å². The van der Waals surface area contributed by atoms with Gasteiger partial charge in [0.25, 0.3) is 5.91 Å². The number of amides is 1. The number of ketones is 1. The van der Waals surface area contributed by atoms with Crippen LogP contribution in [0.15, 0.2) is 29.2 Å². The second-order valence-corrected chi connectivity index (χ2v) is 8.22. The average Bonchev–Trinajstić information content (AvgIpc) is 3.40. The highest BCUT2D eigenvalue weighted by Crippen LogP contribution is 2.53. The highest BCUT2D eigenvalue weighted by molar-refractivity contribution is 6.00. The van der Waals surface area contributed by atoms with Crippen LogP contribution in [0.25, 0.3) is 0 Å². The van der Waals surface area contributed by atoms with Crippen molar-refractivity contribution in [3.8, 4) is 5.75 Å². The van der Waals surface area contributed by atoms with Gasteiger partial charge in [-0.2, -0.15) is 0 Å². The summed E-state index contributed by atoms with van der Waals surface area (Å²) in [5, 5.41) is 10.5. The fraction of sp³-hybridized carbons (Fsp3) is 0.409. The number of methoxy groups -OCH3 is 1. The number of halogens is 2. The van der Waals surface area contributed by atoms with Gasteiger partial charge in [0.2, 0.25) is 5.43 Å². The van der Waals surface area contributed by atoms with Crippen LogP contribution in [0.1, 0.15) is 39.3 Å². The molecule has 1 amide bonds. The normalized spacial score (nSPS) is 22.0. The van der Waals surface area contributed by atoms with Gasteiger partial charge in [-0.1, -0.05) is 6.07 Å². The van der Waals surface area contributed by atoms with E-state index in [0.29, 0.717) is 19.6 Å². The van der Waals surface area contributed by atoms with Crippen LogP contribution in [-0.4, -0.2) is 53.6 Å². The van der Waals surface area contributed by atoms with Gasteiger partial charge in [-0.05, 0) is 24.5 Å². The summed E-state index contributed by atoms with van der Waals surface area (Å²) in [6.45, 7) is 0.797. The molecule has 4 rings (SSSR count). The summed E-state index contributed by atoms with van der Waals surface area (Å²) in [6, 6.07) is 3.07. The van der Waals surface area contributed by atoms with Crippen molar-refractivity contribution in [2.24, 2.45) is 5.92 Å². The minimum absolute atomic E-state index is 0.0357. The molecule has 7 nitrogen and oxygen atoms in total. The Bertz CT molecular complexity index is 1150. The molecule has 1 aliphatic carbocycles. The summed E-state index contributed by atoms with van der Waals surface area (Å²) in [7, 11) is 3.16. The molecule has 164 valence electrons. The van der Waals surface area contributed by atoms with Gasteiger partial charge in [0.05, 0.1) is 17.7 Å². The molecule has 1 aromatic heterocycles. The summed E-state index contributed by atoms with van der Waals surface area (Å²) in [4.78, 5) is 39.6. The molecule has 2 aromatic rings. The fourth-order valence-corrected chi connectivity index (χ4v) is 4.47. The van der Waals surface area contributed by atoms with Crippen molar-refractivity contribution < 1.29 is 28.2 Å². The van der Waals surface area contributed by atoms with Crippen LogP contribution < -0.4 is 5.43 Å². The molecule has 1 aliphatic heterocycles. The fourth-order valence-electron chi connectivity index (χ4n) is 4.47. The molecule has 2 aliphatic rings. The van der Waals surface area contributed by atoms with Crippen molar-refractivity contribution in [2.75, 3.05) is 27.3 Å². The smallest absolute Gasteiger partial charge is 0.274 e. The Morgan fingerprint density at radius 2 is 2.06 bits per heavy atom. The lowest BCUT2D eigenvalue weighted by Gasteiger charge is -2.35.